The number of amides is 1. The van der Waals surface area contributed by atoms with E-state index in [0.717, 1.165) is 43.3 Å². The largest absolute Gasteiger partial charge is 0.339 e. The summed E-state index contributed by atoms with van der Waals surface area (Å²) in [5.41, 5.74) is 2.71. The molecule has 9 heteroatoms. The van der Waals surface area contributed by atoms with Gasteiger partial charge in [-0.3, -0.25) is 14.7 Å². The van der Waals surface area contributed by atoms with E-state index in [1.165, 1.54) is 17.3 Å². The summed E-state index contributed by atoms with van der Waals surface area (Å²) in [5, 5.41) is 13.8. The van der Waals surface area contributed by atoms with Gasteiger partial charge in [-0.05, 0) is 29.8 Å². The number of carbonyl (C=O) groups excluding carboxylic acids is 1. The lowest BCUT2D eigenvalue weighted by Gasteiger charge is -2.34. The van der Waals surface area contributed by atoms with Crippen molar-refractivity contribution < 1.29 is 4.79 Å². The lowest BCUT2D eigenvalue weighted by molar-refractivity contribution is -0.129. The zero-order valence-corrected chi connectivity index (χ0v) is 19.5. The fourth-order valence-electron chi connectivity index (χ4n) is 3.83. The maximum absolute atomic E-state index is 12.8. The summed E-state index contributed by atoms with van der Waals surface area (Å²) in [4.78, 5) is 21.2. The van der Waals surface area contributed by atoms with Gasteiger partial charge in [0.2, 0.25) is 5.91 Å². The van der Waals surface area contributed by atoms with Crippen LogP contribution in [0.25, 0.3) is 23.1 Å². The van der Waals surface area contributed by atoms with Crippen LogP contribution in [0.1, 0.15) is 5.56 Å². The molecule has 0 bridgehead atoms. The van der Waals surface area contributed by atoms with Crippen LogP contribution in [0.3, 0.4) is 0 Å². The lowest BCUT2D eigenvalue weighted by Crippen LogP contribution is -2.49. The standard InChI is InChI=1S/C25H25N7OS/c33-24(31-16-14-30(15-17-31)13-5-8-20-6-2-1-3-7-20)19-34-23-11-10-22-27-28-25(32(22)29-23)21-9-4-12-26-18-21/h1-12,18H,13-17,19H2/b8-5+. The highest BCUT2D eigenvalue weighted by atomic mass is 32.2. The Morgan fingerprint density at radius 1 is 0.971 bits per heavy atom. The number of thioether (sulfide) groups is 1. The fraction of sp³-hybridized carbons (Fsp3) is 0.240. The maximum atomic E-state index is 12.8. The third kappa shape index (κ3) is 5.32. The summed E-state index contributed by atoms with van der Waals surface area (Å²) >= 11 is 1.44. The molecule has 0 N–H and O–H groups in total. The van der Waals surface area contributed by atoms with Gasteiger partial charge in [0, 0.05) is 50.7 Å². The number of rotatable bonds is 7. The topological polar surface area (TPSA) is 79.5 Å². The van der Waals surface area contributed by atoms with E-state index in [9.17, 15) is 4.79 Å². The highest BCUT2D eigenvalue weighted by Crippen LogP contribution is 2.20. The summed E-state index contributed by atoms with van der Waals surface area (Å²) in [6.07, 6.45) is 7.79. The maximum Gasteiger partial charge on any atom is 0.233 e. The molecule has 1 aliphatic heterocycles. The number of piperazine rings is 1. The van der Waals surface area contributed by atoms with Gasteiger partial charge in [0.05, 0.1) is 5.75 Å². The van der Waals surface area contributed by atoms with E-state index in [2.05, 4.69) is 49.5 Å². The van der Waals surface area contributed by atoms with Crippen LogP contribution < -0.4 is 0 Å². The van der Waals surface area contributed by atoms with Gasteiger partial charge in [-0.15, -0.1) is 10.2 Å². The van der Waals surface area contributed by atoms with Crippen LogP contribution in [0.2, 0.25) is 0 Å². The van der Waals surface area contributed by atoms with E-state index >= 15 is 0 Å². The molecule has 0 atom stereocenters. The number of hydrogen-bond donors (Lipinski definition) is 0. The molecular formula is C25H25N7OS. The number of hydrogen-bond acceptors (Lipinski definition) is 7. The molecule has 5 rings (SSSR count). The SMILES string of the molecule is O=C(CSc1ccc2nnc(-c3cccnc3)n2n1)N1CCN(C/C=C/c2ccccc2)CC1. The highest BCUT2D eigenvalue weighted by Gasteiger charge is 2.21. The van der Waals surface area contributed by atoms with E-state index in [4.69, 9.17) is 0 Å². The molecule has 1 aliphatic rings. The van der Waals surface area contributed by atoms with Gasteiger partial charge < -0.3 is 4.90 Å². The van der Waals surface area contributed by atoms with Gasteiger partial charge in [-0.25, -0.2) is 0 Å². The number of nitrogens with zero attached hydrogens (tertiary/aromatic N) is 7. The molecule has 8 nitrogen and oxygen atoms in total. The van der Waals surface area contributed by atoms with Crippen molar-refractivity contribution in [2.45, 2.75) is 5.03 Å². The first kappa shape index (κ1) is 22.2. The molecular weight excluding hydrogens is 446 g/mol. The predicted octanol–water partition coefficient (Wildman–Crippen LogP) is 3.14. The zero-order chi connectivity index (χ0) is 23.2. The van der Waals surface area contributed by atoms with Crippen molar-refractivity contribution in [1.29, 1.82) is 0 Å². The Bertz CT molecular complexity index is 1270. The number of carbonyl (C=O) groups is 1. The van der Waals surface area contributed by atoms with E-state index in [0.29, 0.717) is 17.2 Å². The molecule has 172 valence electrons. The minimum Gasteiger partial charge on any atom is -0.339 e. The third-order valence-electron chi connectivity index (χ3n) is 5.70. The molecule has 1 aromatic carbocycles. The molecule has 4 heterocycles. The van der Waals surface area contributed by atoms with Crippen molar-refractivity contribution in [3.8, 4) is 11.4 Å². The second kappa shape index (κ2) is 10.6. The van der Waals surface area contributed by atoms with Crippen molar-refractivity contribution in [2.75, 3.05) is 38.5 Å². The second-order valence-electron chi connectivity index (χ2n) is 7.99. The van der Waals surface area contributed by atoms with Crippen LogP contribution in [-0.2, 0) is 4.79 Å². The molecule has 0 radical (unpaired) electrons. The van der Waals surface area contributed by atoms with Crippen molar-refractivity contribution in [1.82, 2.24) is 34.6 Å². The van der Waals surface area contributed by atoms with Gasteiger partial charge in [-0.1, -0.05) is 54.2 Å². The highest BCUT2D eigenvalue weighted by molar-refractivity contribution is 7.99. The second-order valence-corrected chi connectivity index (χ2v) is 8.99. The van der Waals surface area contributed by atoms with E-state index in [-0.39, 0.29) is 5.91 Å². The third-order valence-corrected chi connectivity index (χ3v) is 6.60. The quantitative estimate of drug-likeness (QED) is 0.383. The molecule has 0 aliphatic carbocycles. The first-order valence-electron chi connectivity index (χ1n) is 11.2. The summed E-state index contributed by atoms with van der Waals surface area (Å²) in [6, 6.07) is 17.8. The zero-order valence-electron chi connectivity index (χ0n) is 18.7. The minimum absolute atomic E-state index is 0.141. The average molecular weight is 472 g/mol. The molecule has 34 heavy (non-hydrogen) atoms. The smallest absolute Gasteiger partial charge is 0.233 e. The van der Waals surface area contributed by atoms with Crippen molar-refractivity contribution in [3.63, 3.8) is 0 Å². The fourth-order valence-corrected chi connectivity index (χ4v) is 4.59. The Kier molecular flexibility index (Phi) is 6.92. The minimum atomic E-state index is 0.141. The lowest BCUT2D eigenvalue weighted by atomic mass is 10.2. The van der Waals surface area contributed by atoms with E-state index in [1.807, 2.05) is 47.4 Å². The van der Waals surface area contributed by atoms with Gasteiger partial charge >= 0.3 is 0 Å². The van der Waals surface area contributed by atoms with Crippen molar-refractivity contribution in [3.05, 3.63) is 78.6 Å². The Balaban J connectivity index is 1.13. The van der Waals surface area contributed by atoms with Crippen LogP contribution >= 0.6 is 11.8 Å². The molecule has 1 fully saturated rings. The van der Waals surface area contributed by atoms with Crippen LogP contribution in [0.15, 0.2) is 78.1 Å². The van der Waals surface area contributed by atoms with E-state index < -0.39 is 0 Å². The molecule has 0 spiro atoms. The molecule has 1 saturated heterocycles. The van der Waals surface area contributed by atoms with Gasteiger partial charge in [0.1, 0.15) is 5.03 Å². The number of benzene rings is 1. The number of pyridine rings is 1. The summed E-state index contributed by atoms with van der Waals surface area (Å²) in [5.74, 6) is 1.13. The molecule has 1 amide bonds. The van der Waals surface area contributed by atoms with Gasteiger partial charge in [-0.2, -0.15) is 9.61 Å². The monoisotopic (exact) mass is 471 g/mol. The molecule has 4 aromatic rings. The van der Waals surface area contributed by atoms with Crippen LogP contribution in [0.5, 0.6) is 0 Å². The first-order valence-corrected chi connectivity index (χ1v) is 12.2. The number of aromatic nitrogens is 5. The average Bonchev–Trinajstić information content (AvgIpc) is 3.32. The van der Waals surface area contributed by atoms with E-state index in [1.54, 1.807) is 16.9 Å². The Hall–Kier alpha value is -3.56. The van der Waals surface area contributed by atoms with Crippen LogP contribution in [0, 0.1) is 0 Å². The van der Waals surface area contributed by atoms with Crippen LogP contribution in [-0.4, -0.2) is 79.0 Å². The number of fused-ring (bicyclic) bond motifs is 1. The van der Waals surface area contributed by atoms with Gasteiger partial charge in [0.25, 0.3) is 0 Å². The summed E-state index contributed by atoms with van der Waals surface area (Å²) in [7, 11) is 0. The Morgan fingerprint density at radius 2 is 1.82 bits per heavy atom. The summed E-state index contributed by atoms with van der Waals surface area (Å²) < 4.78 is 1.70. The Labute approximate surface area is 202 Å². The normalized spacial score (nSPS) is 14.8. The molecule has 3 aromatic heterocycles. The predicted molar refractivity (Wildman–Crippen MR) is 133 cm³/mol. The Morgan fingerprint density at radius 3 is 2.62 bits per heavy atom. The molecule has 0 saturated carbocycles. The van der Waals surface area contributed by atoms with Crippen LogP contribution in [0.4, 0.5) is 0 Å². The van der Waals surface area contributed by atoms with Gasteiger partial charge in [0.15, 0.2) is 11.5 Å². The first-order chi connectivity index (χ1) is 16.8. The summed E-state index contributed by atoms with van der Waals surface area (Å²) in [6.45, 7) is 4.17. The molecule has 0 unspecified atom stereocenters. The van der Waals surface area contributed by atoms with Crippen molar-refractivity contribution >= 4 is 29.4 Å². The van der Waals surface area contributed by atoms with Crippen molar-refractivity contribution in [2.24, 2.45) is 0 Å².